The molecule has 5 aromatic rings. The lowest BCUT2D eigenvalue weighted by atomic mass is 9.96. The number of aryl methyl sites for hydroxylation is 2. The van der Waals surface area contributed by atoms with Crippen LogP contribution in [0.15, 0.2) is 54.7 Å². The van der Waals surface area contributed by atoms with E-state index in [1.807, 2.05) is 64.6 Å². The molecular formula is C36H38F2N6O3. The van der Waals surface area contributed by atoms with E-state index < -0.39 is 29.0 Å². The first-order valence-electron chi connectivity index (χ1n) is 15.4. The van der Waals surface area contributed by atoms with Gasteiger partial charge in [0, 0.05) is 62.2 Å². The number of carbonyl (C=O) groups excluding carboxylic acids is 2. The van der Waals surface area contributed by atoms with Gasteiger partial charge in [-0.25, -0.2) is 13.8 Å². The lowest BCUT2D eigenvalue weighted by Crippen LogP contribution is -2.35. The van der Waals surface area contributed by atoms with E-state index in [1.165, 1.54) is 6.08 Å². The normalized spacial score (nSPS) is 13.3. The van der Waals surface area contributed by atoms with Gasteiger partial charge in [0.1, 0.15) is 34.4 Å². The van der Waals surface area contributed by atoms with E-state index in [1.54, 1.807) is 29.8 Å². The molecule has 0 fully saturated rings. The molecule has 4 heterocycles. The molecule has 0 unspecified atom stereocenters. The molecule has 0 bridgehead atoms. The third-order valence-corrected chi connectivity index (χ3v) is 8.60. The van der Waals surface area contributed by atoms with Crippen LogP contribution in [0.4, 0.5) is 20.2 Å². The predicted octanol–water partition coefficient (Wildman–Crippen LogP) is 6.19. The van der Waals surface area contributed by atoms with Gasteiger partial charge < -0.3 is 29.2 Å². The molecule has 244 valence electrons. The minimum absolute atomic E-state index is 0.148. The fourth-order valence-electron chi connectivity index (χ4n) is 6.17. The summed E-state index contributed by atoms with van der Waals surface area (Å²) in [5, 5.41) is 5.44. The van der Waals surface area contributed by atoms with Gasteiger partial charge in [0.25, 0.3) is 0 Å². The van der Waals surface area contributed by atoms with Crippen LogP contribution in [0.2, 0.25) is 0 Å². The molecule has 2 N–H and O–H groups in total. The lowest BCUT2D eigenvalue weighted by molar-refractivity contribution is -0.112. The van der Waals surface area contributed by atoms with E-state index in [9.17, 15) is 9.59 Å². The van der Waals surface area contributed by atoms with E-state index in [4.69, 9.17) is 9.72 Å². The maximum absolute atomic E-state index is 15.2. The Morgan fingerprint density at radius 3 is 2.51 bits per heavy atom. The van der Waals surface area contributed by atoms with Crippen LogP contribution in [0.25, 0.3) is 27.7 Å². The zero-order valence-corrected chi connectivity index (χ0v) is 27.6. The quantitative estimate of drug-likeness (QED) is 0.163. The van der Waals surface area contributed by atoms with Crippen LogP contribution in [0.3, 0.4) is 0 Å². The van der Waals surface area contributed by atoms with Crippen LogP contribution in [0, 0.1) is 18.6 Å². The van der Waals surface area contributed by atoms with Gasteiger partial charge >= 0.3 is 0 Å². The highest BCUT2D eigenvalue weighted by molar-refractivity contribution is 6.11. The summed E-state index contributed by atoms with van der Waals surface area (Å²) in [7, 11) is 5.62. The van der Waals surface area contributed by atoms with Crippen LogP contribution in [-0.4, -0.2) is 58.4 Å². The average molecular weight is 641 g/mol. The smallest absolute Gasteiger partial charge is 0.248 e. The second kappa shape index (κ2) is 12.0. The van der Waals surface area contributed by atoms with E-state index in [0.717, 1.165) is 56.9 Å². The number of methoxy groups -OCH3 is 1. The molecule has 3 aromatic heterocycles. The predicted molar refractivity (Wildman–Crippen MR) is 181 cm³/mol. The number of halogens is 2. The van der Waals surface area contributed by atoms with Gasteiger partial charge in [0.05, 0.1) is 35.1 Å². The van der Waals surface area contributed by atoms with E-state index in [-0.39, 0.29) is 16.8 Å². The second-order valence-corrected chi connectivity index (χ2v) is 12.9. The molecule has 1 amide bonds. The van der Waals surface area contributed by atoms with Gasteiger partial charge in [-0.1, -0.05) is 12.1 Å². The Balaban J connectivity index is 1.39. The minimum atomic E-state index is -1.04. The molecule has 1 aliphatic heterocycles. The molecule has 47 heavy (non-hydrogen) atoms. The number of imidazole rings is 1. The Labute approximate surface area is 271 Å². The zero-order valence-electron chi connectivity index (χ0n) is 27.6. The first kappa shape index (κ1) is 31.9. The highest BCUT2D eigenvalue weighted by Crippen LogP contribution is 2.47. The monoisotopic (exact) mass is 640 g/mol. The van der Waals surface area contributed by atoms with Gasteiger partial charge in [-0.05, 0) is 63.9 Å². The first-order valence-corrected chi connectivity index (χ1v) is 15.4. The molecule has 9 nitrogen and oxygen atoms in total. The standard InChI is InChI=1S/C36H38F2N6O3/c1-20-40-32-26(43(20)6)19-28(47-7)30-23-10-9-14-44-27(18-21(33(23)44)12-15-42(5)34(30)32)35(46)22-16-24(37)31(25(38)17-22)41-29(45)11-8-13-39-36(2,3)4/h8-11,14,16-19,39H,12-13,15H2,1-7H3,(H,41,45)/b11-8+. The van der Waals surface area contributed by atoms with Crippen molar-refractivity contribution in [3.63, 3.8) is 0 Å². The molecule has 1 aliphatic rings. The van der Waals surface area contributed by atoms with Crippen molar-refractivity contribution < 1.29 is 23.1 Å². The van der Waals surface area contributed by atoms with Crippen molar-refractivity contribution in [3.05, 3.63) is 89.0 Å². The third-order valence-electron chi connectivity index (χ3n) is 8.60. The number of nitrogens with zero attached hydrogens (tertiary/aromatic N) is 4. The van der Waals surface area contributed by atoms with Gasteiger partial charge in [0.2, 0.25) is 11.7 Å². The first-order chi connectivity index (χ1) is 22.3. The Morgan fingerprint density at radius 1 is 1.11 bits per heavy atom. The number of anilines is 2. The van der Waals surface area contributed by atoms with Crippen LogP contribution >= 0.6 is 0 Å². The van der Waals surface area contributed by atoms with Crippen molar-refractivity contribution in [1.29, 1.82) is 0 Å². The van der Waals surface area contributed by atoms with Gasteiger partial charge in [-0.3, -0.25) is 9.59 Å². The number of amides is 1. The van der Waals surface area contributed by atoms with Crippen molar-refractivity contribution in [3.8, 4) is 16.9 Å². The van der Waals surface area contributed by atoms with E-state index in [0.29, 0.717) is 25.3 Å². The van der Waals surface area contributed by atoms with E-state index in [2.05, 4.69) is 15.5 Å². The third kappa shape index (κ3) is 5.76. The molecule has 0 saturated heterocycles. The Morgan fingerprint density at radius 2 is 1.83 bits per heavy atom. The van der Waals surface area contributed by atoms with Gasteiger partial charge in [0.15, 0.2) is 0 Å². The molecule has 2 aromatic carbocycles. The van der Waals surface area contributed by atoms with E-state index >= 15 is 8.78 Å². The minimum Gasteiger partial charge on any atom is -0.496 e. The average Bonchev–Trinajstić information content (AvgIpc) is 3.53. The molecule has 0 saturated carbocycles. The molecule has 0 aliphatic carbocycles. The maximum atomic E-state index is 15.2. The summed E-state index contributed by atoms with van der Waals surface area (Å²) in [6.45, 7) is 8.95. The number of ketones is 1. The number of rotatable bonds is 7. The number of aromatic nitrogens is 3. The fourth-order valence-corrected chi connectivity index (χ4v) is 6.17. The number of hydrogen-bond acceptors (Lipinski definition) is 6. The molecule has 11 heteroatoms. The van der Waals surface area contributed by atoms with Crippen molar-refractivity contribution in [2.75, 3.05) is 37.5 Å². The number of pyridine rings is 1. The summed E-state index contributed by atoms with van der Waals surface area (Å²) >= 11 is 0. The molecule has 6 rings (SSSR count). The number of nitrogens with one attached hydrogen (secondary N) is 2. The second-order valence-electron chi connectivity index (χ2n) is 12.9. The summed E-state index contributed by atoms with van der Waals surface area (Å²) in [4.78, 5) is 33.3. The Bertz CT molecular complexity index is 2080. The maximum Gasteiger partial charge on any atom is 0.248 e. The summed E-state index contributed by atoms with van der Waals surface area (Å²) < 4.78 is 40.2. The summed E-state index contributed by atoms with van der Waals surface area (Å²) in [6, 6.07) is 9.51. The lowest BCUT2D eigenvalue weighted by Gasteiger charge is -2.27. The number of carbonyl (C=O) groups is 2. The topological polar surface area (TPSA) is 92.9 Å². The largest absolute Gasteiger partial charge is 0.496 e. The van der Waals surface area contributed by atoms with Crippen LogP contribution in [-0.2, 0) is 18.3 Å². The number of fused-ring (bicyclic) bond motifs is 4. The highest BCUT2D eigenvalue weighted by Gasteiger charge is 2.29. The van der Waals surface area contributed by atoms with Crippen molar-refractivity contribution in [2.45, 2.75) is 39.7 Å². The number of likely N-dealkylation sites (N-methyl/N-ethyl adjacent to an activating group) is 1. The molecule has 0 radical (unpaired) electrons. The number of benzene rings is 2. The zero-order chi connectivity index (χ0) is 33.8. The van der Waals surface area contributed by atoms with Crippen molar-refractivity contribution >= 4 is 39.6 Å². The highest BCUT2D eigenvalue weighted by atomic mass is 19.1. The molecule has 0 spiro atoms. The van der Waals surface area contributed by atoms with Crippen LogP contribution in [0.5, 0.6) is 5.75 Å². The SMILES string of the molecule is COc1cc2c(nc(C)n2C)c2c1-c1cccn3c(C(=O)c4cc(F)c(NC(=O)/C=C/CNC(C)(C)C)c(F)c4)cc(c13)CCN2C. The fraction of sp³-hybridized carbons (Fsp3) is 0.306. The molecule has 0 atom stereocenters. The van der Waals surface area contributed by atoms with Crippen LogP contribution in [0.1, 0.15) is 48.2 Å². The molecular weight excluding hydrogens is 602 g/mol. The summed E-state index contributed by atoms with van der Waals surface area (Å²) in [5.74, 6) is -1.79. The van der Waals surface area contributed by atoms with Gasteiger partial charge in [-0.2, -0.15) is 0 Å². The van der Waals surface area contributed by atoms with Crippen LogP contribution < -0.4 is 20.3 Å². The summed E-state index contributed by atoms with van der Waals surface area (Å²) in [6.07, 6.45) is 5.17. The van der Waals surface area contributed by atoms with Crippen molar-refractivity contribution in [1.82, 2.24) is 19.3 Å². The number of hydrogen-bond donors (Lipinski definition) is 2. The Kier molecular flexibility index (Phi) is 8.13. The summed E-state index contributed by atoms with van der Waals surface area (Å²) in [5.41, 5.74) is 5.49. The Hall–Kier alpha value is -5.03. The van der Waals surface area contributed by atoms with Gasteiger partial charge in [-0.15, -0.1) is 0 Å². The number of ether oxygens (including phenoxy) is 1. The van der Waals surface area contributed by atoms with Crippen molar-refractivity contribution in [2.24, 2.45) is 7.05 Å².